The molecule has 3 rings (SSSR count). The smallest absolute Gasteiger partial charge is 0.186 e. The zero-order valence-electron chi connectivity index (χ0n) is 13.0. The van der Waals surface area contributed by atoms with Gasteiger partial charge in [0.15, 0.2) is 5.13 Å². The molecule has 2 aliphatic rings. The number of fused-ring (bicyclic) bond motifs is 1. The van der Waals surface area contributed by atoms with Gasteiger partial charge in [-0.15, -0.1) is 0 Å². The first kappa shape index (κ1) is 14.3. The third-order valence-electron chi connectivity index (χ3n) is 4.75. The van der Waals surface area contributed by atoms with Crippen molar-refractivity contribution in [2.24, 2.45) is 5.92 Å². The molecule has 1 aliphatic heterocycles. The molecule has 1 aromatic rings. The molecule has 20 heavy (non-hydrogen) atoms. The predicted octanol–water partition coefficient (Wildman–Crippen LogP) is 3.75. The molecule has 1 saturated heterocycles. The highest BCUT2D eigenvalue weighted by atomic mass is 32.1. The summed E-state index contributed by atoms with van der Waals surface area (Å²) in [6.07, 6.45) is 6.39. The van der Waals surface area contributed by atoms with Gasteiger partial charge < -0.3 is 10.2 Å². The van der Waals surface area contributed by atoms with E-state index in [1.54, 1.807) is 0 Å². The number of thiazole rings is 1. The number of rotatable bonds is 3. The Kier molecular flexibility index (Phi) is 4.32. The van der Waals surface area contributed by atoms with Gasteiger partial charge in [0.1, 0.15) is 0 Å². The van der Waals surface area contributed by atoms with Crippen molar-refractivity contribution in [3.63, 3.8) is 0 Å². The van der Waals surface area contributed by atoms with Crippen molar-refractivity contribution in [3.8, 4) is 0 Å². The van der Waals surface area contributed by atoms with Gasteiger partial charge >= 0.3 is 0 Å². The molecule has 0 radical (unpaired) electrons. The average Bonchev–Trinajstić information content (AvgIpc) is 2.87. The molecule has 1 fully saturated rings. The van der Waals surface area contributed by atoms with E-state index in [0.29, 0.717) is 12.1 Å². The lowest BCUT2D eigenvalue weighted by atomic mass is 9.95. The Balaban J connectivity index is 1.84. The minimum atomic E-state index is 0.549. The molecule has 0 bridgehead atoms. The van der Waals surface area contributed by atoms with Crippen LogP contribution in [0.4, 0.5) is 5.13 Å². The molecule has 1 N–H and O–H groups in total. The quantitative estimate of drug-likeness (QED) is 0.920. The lowest BCUT2D eigenvalue weighted by molar-refractivity contribution is 0.390. The van der Waals surface area contributed by atoms with E-state index in [9.17, 15) is 0 Å². The van der Waals surface area contributed by atoms with E-state index in [2.05, 4.69) is 31.0 Å². The number of nitrogens with zero attached hydrogens (tertiary/aromatic N) is 2. The Hall–Kier alpha value is -0.610. The second kappa shape index (κ2) is 6.02. The van der Waals surface area contributed by atoms with Crippen molar-refractivity contribution in [2.75, 3.05) is 18.0 Å². The summed E-state index contributed by atoms with van der Waals surface area (Å²) < 4.78 is 0. The van der Waals surface area contributed by atoms with E-state index in [1.807, 2.05) is 11.3 Å². The average molecular weight is 293 g/mol. The fraction of sp³-hybridized carbons (Fsp3) is 0.812. The van der Waals surface area contributed by atoms with Crippen molar-refractivity contribution in [1.82, 2.24) is 10.3 Å². The molecule has 0 amide bonds. The van der Waals surface area contributed by atoms with Gasteiger partial charge in [0.2, 0.25) is 0 Å². The van der Waals surface area contributed by atoms with Crippen LogP contribution in [0.5, 0.6) is 0 Å². The summed E-state index contributed by atoms with van der Waals surface area (Å²) in [7, 11) is 0. The minimum Gasteiger partial charge on any atom is -0.345 e. The maximum Gasteiger partial charge on any atom is 0.186 e. The van der Waals surface area contributed by atoms with Crippen LogP contribution in [0.15, 0.2) is 0 Å². The zero-order valence-corrected chi connectivity index (χ0v) is 13.8. The number of aryl methyl sites for hydroxylation is 1. The largest absolute Gasteiger partial charge is 0.345 e. The number of hydrogen-bond acceptors (Lipinski definition) is 4. The van der Waals surface area contributed by atoms with Crippen molar-refractivity contribution < 1.29 is 0 Å². The van der Waals surface area contributed by atoms with E-state index >= 15 is 0 Å². The number of aromatic nitrogens is 1. The van der Waals surface area contributed by atoms with Crippen LogP contribution in [0.25, 0.3) is 0 Å². The maximum atomic E-state index is 5.00. The molecule has 0 spiro atoms. The predicted molar refractivity (Wildman–Crippen MR) is 86.7 cm³/mol. The molecule has 0 saturated carbocycles. The third-order valence-corrected chi connectivity index (χ3v) is 6.00. The van der Waals surface area contributed by atoms with Gasteiger partial charge in [-0.25, -0.2) is 4.98 Å². The van der Waals surface area contributed by atoms with E-state index in [0.717, 1.165) is 12.5 Å². The highest BCUT2D eigenvalue weighted by Crippen LogP contribution is 2.39. The molecular formula is C16H27N3S. The van der Waals surface area contributed by atoms with Crippen LogP contribution < -0.4 is 10.2 Å². The first-order valence-corrected chi connectivity index (χ1v) is 9.00. The van der Waals surface area contributed by atoms with Crippen molar-refractivity contribution in [3.05, 3.63) is 10.6 Å². The highest BCUT2D eigenvalue weighted by Gasteiger charge is 2.29. The summed E-state index contributed by atoms with van der Waals surface area (Å²) in [4.78, 5) is 9.06. The highest BCUT2D eigenvalue weighted by molar-refractivity contribution is 7.15. The fourth-order valence-electron chi connectivity index (χ4n) is 3.53. The Morgan fingerprint density at radius 1 is 1.30 bits per heavy atom. The normalized spacial score (nSPS) is 30.4. The molecule has 3 unspecified atom stereocenters. The monoisotopic (exact) mass is 293 g/mol. The van der Waals surface area contributed by atoms with E-state index in [4.69, 9.17) is 4.98 Å². The van der Waals surface area contributed by atoms with Crippen LogP contribution in [0.2, 0.25) is 0 Å². The van der Waals surface area contributed by atoms with Crippen LogP contribution in [0.3, 0.4) is 0 Å². The number of hydrogen-bond donors (Lipinski definition) is 1. The summed E-state index contributed by atoms with van der Waals surface area (Å²) in [6, 6.07) is 1.20. The maximum absolute atomic E-state index is 5.00. The summed E-state index contributed by atoms with van der Waals surface area (Å²) in [5, 5.41) is 4.91. The van der Waals surface area contributed by atoms with Crippen LogP contribution in [0, 0.1) is 5.92 Å². The summed E-state index contributed by atoms with van der Waals surface area (Å²) in [6.45, 7) is 9.15. The number of nitrogens with one attached hydrogen (secondary N) is 1. The van der Waals surface area contributed by atoms with Crippen molar-refractivity contribution in [1.29, 1.82) is 0 Å². The molecule has 112 valence electrons. The zero-order chi connectivity index (χ0) is 14.1. The first-order valence-electron chi connectivity index (χ1n) is 8.18. The summed E-state index contributed by atoms with van der Waals surface area (Å²) in [5.41, 5.74) is 1.37. The van der Waals surface area contributed by atoms with Crippen LogP contribution in [-0.2, 0) is 6.42 Å². The molecule has 4 heteroatoms. The van der Waals surface area contributed by atoms with Crippen LogP contribution >= 0.6 is 11.3 Å². The van der Waals surface area contributed by atoms with Gasteiger partial charge in [-0.2, -0.15) is 0 Å². The molecule has 0 aromatic carbocycles. The first-order chi connectivity index (χ1) is 9.69. The van der Waals surface area contributed by atoms with E-state index in [-0.39, 0.29) is 0 Å². The summed E-state index contributed by atoms with van der Waals surface area (Å²) >= 11 is 1.95. The van der Waals surface area contributed by atoms with Crippen LogP contribution in [-0.4, -0.2) is 24.1 Å². The fourth-order valence-corrected chi connectivity index (χ4v) is 4.86. The molecule has 2 heterocycles. The van der Waals surface area contributed by atoms with Gasteiger partial charge in [-0.05, 0) is 51.5 Å². The second-order valence-corrected chi connectivity index (χ2v) is 7.50. The topological polar surface area (TPSA) is 28.2 Å². The number of piperidine rings is 1. The van der Waals surface area contributed by atoms with Crippen molar-refractivity contribution in [2.45, 2.75) is 65.0 Å². The molecule has 3 atom stereocenters. The minimum absolute atomic E-state index is 0.549. The Bertz CT molecular complexity index is 457. The van der Waals surface area contributed by atoms with Gasteiger partial charge in [-0.1, -0.05) is 25.2 Å². The van der Waals surface area contributed by atoms with Crippen LogP contribution in [0.1, 0.15) is 63.1 Å². The van der Waals surface area contributed by atoms with Gasteiger partial charge in [0.25, 0.3) is 0 Å². The lowest BCUT2D eigenvalue weighted by Crippen LogP contribution is -2.41. The summed E-state index contributed by atoms with van der Waals surface area (Å²) in [5.74, 6) is 0.802. The Labute approximate surface area is 126 Å². The molecular weight excluding hydrogens is 266 g/mol. The van der Waals surface area contributed by atoms with Crippen molar-refractivity contribution >= 4 is 16.5 Å². The lowest BCUT2D eigenvalue weighted by Gasteiger charge is -2.36. The standard InChI is InChI=1S/C16H27N3S/c1-4-17-13-6-5-7-14-15(13)20-16(18-14)19-10-11(2)8-9-12(19)3/h11-13,17H,4-10H2,1-3H3. The van der Waals surface area contributed by atoms with Gasteiger partial charge in [-0.3, -0.25) is 0 Å². The SMILES string of the molecule is CCNC1CCCc2nc(N3CC(C)CCC3C)sc21. The van der Waals surface area contributed by atoms with E-state index in [1.165, 1.54) is 54.4 Å². The van der Waals surface area contributed by atoms with Gasteiger partial charge in [0.05, 0.1) is 5.69 Å². The Morgan fingerprint density at radius 2 is 2.15 bits per heavy atom. The third kappa shape index (κ3) is 2.73. The van der Waals surface area contributed by atoms with E-state index < -0.39 is 0 Å². The molecule has 1 aliphatic carbocycles. The molecule has 3 nitrogen and oxygen atoms in total. The Morgan fingerprint density at radius 3 is 2.95 bits per heavy atom. The molecule has 1 aromatic heterocycles. The number of anilines is 1. The van der Waals surface area contributed by atoms with Gasteiger partial charge in [0, 0.05) is 23.5 Å². The second-order valence-electron chi connectivity index (χ2n) is 6.49.